The molecule has 1 atom stereocenters. The lowest BCUT2D eigenvalue weighted by Gasteiger charge is -2.28. The Bertz CT molecular complexity index is 348. The van der Waals surface area contributed by atoms with Crippen LogP contribution in [0.25, 0.3) is 0 Å². The standard InChI is InChI=1S/C9H23NO3Si.C6H17NO3Si.C5H13N2/c1-4-11-14(12-5-2,13-6-3)9-7-8-10;1-8-11(9-2,10-3)6-4-5-7;1-2-5(7)3-4-6/h4-10H2,1-3H3;4-7H2,1-3H3;5H,1-4,6-7H2. The maximum Gasteiger partial charge on any atom is 0.500 e. The number of rotatable bonds is 18. The average molecular weight is 502 g/mol. The molecule has 1 unspecified atom stereocenters. The van der Waals surface area contributed by atoms with E-state index in [2.05, 4.69) is 6.92 Å². The van der Waals surface area contributed by atoms with Gasteiger partial charge in [0.15, 0.2) is 0 Å². The highest BCUT2D eigenvalue weighted by molar-refractivity contribution is 6.61. The van der Waals surface area contributed by atoms with Crippen molar-refractivity contribution in [3.05, 3.63) is 6.92 Å². The Labute approximate surface area is 199 Å². The van der Waals surface area contributed by atoms with E-state index in [0.29, 0.717) is 39.5 Å². The van der Waals surface area contributed by atoms with E-state index in [1.807, 2.05) is 20.8 Å². The molecule has 8 N–H and O–H groups in total. The van der Waals surface area contributed by atoms with Crippen molar-refractivity contribution in [3.63, 3.8) is 0 Å². The highest BCUT2D eigenvalue weighted by atomic mass is 28.4. The summed E-state index contributed by atoms with van der Waals surface area (Å²) in [4.78, 5) is 0. The van der Waals surface area contributed by atoms with E-state index in [0.717, 1.165) is 37.8 Å². The summed E-state index contributed by atoms with van der Waals surface area (Å²) in [6.45, 7) is 13.4. The third-order valence-corrected chi connectivity index (χ3v) is 10.3. The van der Waals surface area contributed by atoms with Crippen LogP contribution in [0, 0.1) is 6.92 Å². The normalized spacial score (nSPS) is 12.5. The SMILES string of the molecule is CCO[Si](CCCN)(OCC)OCC.CO[Si](CCCN)(OC)OC.[CH2]CC(N)CCN. The van der Waals surface area contributed by atoms with Crippen molar-refractivity contribution in [3.8, 4) is 0 Å². The van der Waals surface area contributed by atoms with Crippen molar-refractivity contribution < 1.29 is 26.6 Å². The molecule has 0 amide bonds. The van der Waals surface area contributed by atoms with Gasteiger partial charge in [-0.25, -0.2) is 0 Å². The molecule has 0 fully saturated rings. The molecule has 10 nitrogen and oxygen atoms in total. The van der Waals surface area contributed by atoms with Crippen LogP contribution in [-0.2, 0) is 26.6 Å². The molecule has 0 aromatic carbocycles. The Kier molecular flexibility index (Phi) is 29.3. The molecule has 0 aromatic rings. The highest BCUT2D eigenvalue weighted by Gasteiger charge is 2.39. The van der Waals surface area contributed by atoms with Crippen LogP contribution in [0.3, 0.4) is 0 Å². The zero-order valence-electron chi connectivity index (χ0n) is 21.5. The Balaban J connectivity index is -0.000000417. The summed E-state index contributed by atoms with van der Waals surface area (Å²) in [6.07, 6.45) is 3.45. The monoisotopic (exact) mass is 501 g/mol. The van der Waals surface area contributed by atoms with Gasteiger partial charge < -0.3 is 49.5 Å². The molecule has 1 radical (unpaired) electrons. The molecule has 0 bridgehead atoms. The van der Waals surface area contributed by atoms with Crippen LogP contribution in [0.5, 0.6) is 0 Å². The van der Waals surface area contributed by atoms with Crippen LogP contribution in [0.15, 0.2) is 0 Å². The van der Waals surface area contributed by atoms with Gasteiger partial charge in [-0.05, 0) is 66.1 Å². The molecule has 0 aliphatic carbocycles. The fourth-order valence-electron chi connectivity index (χ4n) is 2.55. The predicted octanol–water partition coefficient (Wildman–Crippen LogP) is 1.48. The second-order valence-corrected chi connectivity index (χ2v) is 12.5. The quantitative estimate of drug-likeness (QED) is 0.203. The molecule has 32 heavy (non-hydrogen) atoms. The molecule has 12 heteroatoms. The molecular formula is C20H53N4O6Si2. The molecule has 0 aliphatic heterocycles. The lowest BCUT2D eigenvalue weighted by molar-refractivity contribution is 0.0710. The molecule has 0 saturated heterocycles. The van der Waals surface area contributed by atoms with E-state index in [-0.39, 0.29) is 6.04 Å². The first-order valence-corrected chi connectivity index (χ1v) is 15.4. The molecule has 0 spiro atoms. The second-order valence-electron chi connectivity index (χ2n) is 6.69. The zero-order chi connectivity index (χ0) is 25.3. The smallest absolute Gasteiger partial charge is 0.377 e. The largest absolute Gasteiger partial charge is 0.500 e. The fraction of sp³-hybridized carbons (Fsp3) is 0.950. The maximum absolute atomic E-state index is 5.65. The fourth-order valence-corrected chi connectivity index (χ4v) is 6.94. The maximum atomic E-state index is 5.65. The van der Waals surface area contributed by atoms with Crippen LogP contribution in [-0.4, -0.2) is 84.4 Å². The Hall–Kier alpha value is 0.0338. The summed E-state index contributed by atoms with van der Waals surface area (Å²) in [5.74, 6) is 0. The summed E-state index contributed by atoms with van der Waals surface area (Å²) in [6, 6.07) is 1.82. The number of hydrogen-bond acceptors (Lipinski definition) is 10. The van der Waals surface area contributed by atoms with Gasteiger partial charge in [-0.1, -0.05) is 6.92 Å². The first-order valence-electron chi connectivity index (χ1n) is 11.5. The summed E-state index contributed by atoms with van der Waals surface area (Å²) >= 11 is 0. The zero-order valence-corrected chi connectivity index (χ0v) is 23.5. The second kappa shape index (κ2) is 25.7. The van der Waals surface area contributed by atoms with Crippen molar-refractivity contribution in [2.75, 3.05) is 60.8 Å². The van der Waals surface area contributed by atoms with Gasteiger partial charge in [0.2, 0.25) is 0 Å². The third-order valence-electron chi connectivity index (χ3n) is 4.31. The lowest BCUT2D eigenvalue weighted by Crippen LogP contribution is -2.46. The molecule has 0 saturated carbocycles. The third kappa shape index (κ3) is 19.5. The number of hydrogen-bond donors (Lipinski definition) is 4. The van der Waals surface area contributed by atoms with Crippen molar-refractivity contribution in [2.45, 2.75) is 64.6 Å². The van der Waals surface area contributed by atoms with Crippen molar-refractivity contribution in [1.29, 1.82) is 0 Å². The van der Waals surface area contributed by atoms with Gasteiger partial charge in [0.1, 0.15) is 0 Å². The van der Waals surface area contributed by atoms with Crippen molar-refractivity contribution in [2.24, 2.45) is 22.9 Å². The first kappa shape index (κ1) is 36.6. The van der Waals surface area contributed by atoms with Gasteiger partial charge in [0.25, 0.3) is 0 Å². The number of nitrogens with two attached hydrogens (primary N) is 4. The topological polar surface area (TPSA) is 159 Å². The van der Waals surface area contributed by atoms with Crippen LogP contribution >= 0.6 is 0 Å². The summed E-state index contributed by atoms with van der Waals surface area (Å²) in [5.41, 5.74) is 21.5. The summed E-state index contributed by atoms with van der Waals surface area (Å²) in [5, 5.41) is 0. The lowest BCUT2D eigenvalue weighted by atomic mass is 10.2. The van der Waals surface area contributed by atoms with E-state index >= 15 is 0 Å². The Morgan fingerprint density at radius 3 is 1.28 bits per heavy atom. The summed E-state index contributed by atoms with van der Waals surface area (Å²) in [7, 11) is 0.106. The van der Waals surface area contributed by atoms with Crippen LogP contribution in [0.1, 0.15) is 46.5 Å². The van der Waals surface area contributed by atoms with Gasteiger partial charge in [0.05, 0.1) is 0 Å². The molecule has 0 heterocycles. The van der Waals surface area contributed by atoms with E-state index in [1.165, 1.54) is 0 Å². The van der Waals surface area contributed by atoms with E-state index in [9.17, 15) is 0 Å². The molecule has 0 aliphatic rings. The molecule has 0 aromatic heterocycles. The molecule has 0 rings (SSSR count). The van der Waals surface area contributed by atoms with Gasteiger partial charge in [0, 0.05) is 59.3 Å². The van der Waals surface area contributed by atoms with Gasteiger partial charge in [-0.15, -0.1) is 0 Å². The predicted molar refractivity (Wildman–Crippen MR) is 136 cm³/mol. The van der Waals surface area contributed by atoms with Crippen LogP contribution in [0.4, 0.5) is 0 Å². The minimum atomic E-state index is -2.40. The van der Waals surface area contributed by atoms with E-state index < -0.39 is 17.6 Å². The molecular weight excluding hydrogens is 448 g/mol. The minimum absolute atomic E-state index is 0.213. The Morgan fingerprint density at radius 1 is 0.688 bits per heavy atom. The van der Waals surface area contributed by atoms with E-state index in [4.69, 9.17) is 49.5 Å². The van der Waals surface area contributed by atoms with Crippen molar-refractivity contribution >= 4 is 17.6 Å². The first-order chi connectivity index (χ1) is 15.3. The van der Waals surface area contributed by atoms with Gasteiger partial charge >= 0.3 is 17.6 Å². The summed E-state index contributed by atoms with van der Waals surface area (Å²) < 4.78 is 32.5. The Morgan fingerprint density at radius 2 is 1.06 bits per heavy atom. The van der Waals surface area contributed by atoms with Gasteiger partial charge in [-0.3, -0.25) is 0 Å². The minimum Gasteiger partial charge on any atom is -0.377 e. The van der Waals surface area contributed by atoms with Gasteiger partial charge in [-0.2, -0.15) is 0 Å². The average Bonchev–Trinajstić information content (AvgIpc) is 2.80. The molecule has 197 valence electrons. The van der Waals surface area contributed by atoms with Crippen LogP contribution < -0.4 is 22.9 Å². The van der Waals surface area contributed by atoms with Crippen molar-refractivity contribution in [1.82, 2.24) is 0 Å². The highest BCUT2D eigenvalue weighted by Crippen LogP contribution is 2.17. The van der Waals surface area contributed by atoms with E-state index in [1.54, 1.807) is 21.3 Å². The van der Waals surface area contributed by atoms with Crippen LogP contribution in [0.2, 0.25) is 12.1 Å².